The lowest BCUT2D eigenvalue weighted by atomic mass is 10.2. The van der Waals surface area contributed by atoms with Gasteiger partial charge in [0.25, 0.3) is 0 Å². The van der Waals surface area contributed by atoms with Gasteiger partial charge in [0.1, 0.15) is 12.1 Å². The molecule has 0 saturated carbocycles. The maximum atomic E-state index is 5.94. The zero-order valence-electron chi connectivity index (χ0n) is 6.99. The molecule has 1 aromatic heterocycles. The van der Waals surface area contributed by atoms with Crippen molar-refractivity contribution in [1.29, 1.82) is 0 Å². The summed E-state index contributed by atoms with van der Waals surface area (Å²) in [6.07, 6.45) is 3.15. The van der Waals surface area contributed by atoms with Gasteiger partial charge in [-0.15, -0.1) is 0 Å². The monoisotopic (exact) mass is 194 g/mol. The summed E-state index contributed by atoms with van der Waals surface area (Å²) in [6, 6.07) is 3.56. The molecule has 2 rings (SSSR count). The molecule has 0 fully saturated rings. The van der Waals surface area contributed by atoms with Gasteiger partial charge in [0.2, 0.25) is 0 Å². The van der Waals surface area contributed by atoms with Gasteiger partial charge in [-0.05, 0) is 12.1 Å². The fraction of sp³-hybridized carbons (Fsp3) is 0.111. The largest absolute Gasteiger partial charge is 0.496 e. The molecule has 3 nitrogen and oxygen atoms in total. The minimum Gasteiger partial charge on any atom is -0.496 e. The molecule has 0 unspecified atom stereocenters. The molecule has 13 heavy (non-hydrogen) atoms. The van der Waals surface area contributed by atoms with E-state index in [-0.39, 0.29) is 0 Å². The number of aromatic nitrogens is 2. The van der Waals surface area contributed by atoms with Crippen LogP contribution >= 0.6 is 11.6 Å². The van der Waals surface area contributed by atoms with E-state index in [9.17, 15) is 0 Å². The van der Waals surface area contributed by atoms with E-state index < -0.39 is 0 Å². The predicted molar refractivity (Wildman–Crippen MR) is 51.1 cm³/mol. The van der Waals surface area contributed by atoms with Gasteiger partial charge >= 0.3 is 0 Å². The van der Waals surface area contributed by atoms with E-state index in [0.717, 1.165) is 16.7 Å². The first kappa shape index (κ1) is 8.26. The average Bonchev–Trinajstić information content (AvgIpc) is 2.19. The zero-order chi connectivity index (χ0) is 9.26. The van der Waals surface area contributed by atoms with Crippen LogP contribution in [0.5, 0.6) is 5.75 Å². The van der Waals surface area contributed by atoms with Crippen molar-refractivity contribution in [2.45, 2.75) is 0 Å². The molecule has 1 heterocycles. The summed E-state index contributed by atoms with van der Waals surface area (Å²) in [6.45, 7) is 0. The van der Waals surface area contributed by atoms with Gasteiger partial charge in [-0.2, -0.15) is 0 Å². The van der Waals surface area contributed by atoms with E-state index in [1.165, 1.54) is 6.33 Å². The van der Waals surface area contributed by atoms with Crippen LogP contribution < -0.4 is 4.74 Å². The van der Waals surface area contributed by atoms with Crippen LogP contribution in [0.4, 0.5) is 0 Å². The van der Waals surface area contributed by atoms with Gasteiger partial charge in [0.05, 0.1) is 23.0 Å². The Morgan fingerprint density at radius 1 is 1.38 bits per heavy atom. The van der Waals surface area contributed by atoms with Crippen LogP contribution in [0.2, 0.25) is 5.02 Å². The number of fused-ring (bicyclic) bond motifs is 1. The molecule has 0 spiro atoms. The third-order valence-corrected chi connectivity index (χ3v) is 2.11. The number of hydrogen-bond donors (Lipinski definition) is 0. The Balaban J connectivity index is 2.84. The van der Waals surface area contributed by atoms with Crippen LogP contribution in [0.25, 0.3) is 10.9 Å². The van der Waals surface area contributed by atoms with Gasteiger partial charge in [-0.1, -0.05) is 11.6 Å². The molecular weight excluding hydrogens is 188 g/mol. The Morgan fingerprint density at radius 2 is 2.23 bits per heavy atom. The first-order valence-electron chi connectivity index (χ1n) is 3.75. The van der Waals surface area contributed by atoms with Crippen LogP contribution in [-0.4, -0.2) is 17.1 Å². The van der Waals surface area contributed by atoms with Crippen LogP contribution in [-0.2, 0) is 0 Å². The maximum Gasteiger partial charge on any atom is 0.129 e. The van der Waals surface area contributed by atoms with Gasteiger partial charge < -0.3 is 4.74 Å². The number of nitrogens with zero attached hydrogens (tertiary/aromatic N) is 2. The van der Waals surface area contributed by atoms with E-state index >= 15 is 0 Å². The second-order valence-electron chi connectivity index (χ2n) is 2.53. The van der Waals surface area contributed by atoms with Crippen molar-refractivity contribution < 1.29 is 4.74 Å². The molecule has 2 aromatic rings. The summed E-state index contributed by atoms with van der Waals surface area (Å²) in [5.74, 6) is 0.736. The Hall–Kier alpha value is -1.35. The summed E-state index contributed by atoms with van der Waals surface area (Å²) < 4.78 is 5.14. The molecule has 0 bridgehead atoms. The van der Waals surface area contributed by atoms with Crippen molar-refractivity contribution in [1.82, 2.24) is 9.97 Å². The Kier molecular flexibility index (Phi) is 2.02. The van der Waals surface area contributed by atoms with E-state index in [4.69, 9.17) is 16.3 Å². The van der Waals surface area contributed by atoms with Crippen LogP contribution in [0.1, 0.15) is 0 Å². The minimum absolute atomic E-state index is 0.609. The highest BCUT2D eigenvalue weighted by molar-refractivity contribution is 6.35. The lowest BCUT2D eigenvalue weighted by Gasteiger charge is -2.04. The van der Waals surface area contributed by atoms with E-state index in [2.05, 4.69) is 9.97 Å². The summed E-state index contributed by atoms with van der Waals surface area (Å²) in [5.41, 5.74) is 0.719. The summed E-state index contributed by atoms with van der Waals surface area (Å²) in [4.78, 5) is 7.98. The van der Waals surface area contributed by atoms with Gasteiger partial charge in [0, 0.05) is 6.20 Å². The molecular formula is C9H7ClN2O. The van der Waals surface area contributed by atoms with Gasteiger partial charge in [0.15, 0.2) is 0 Å². The summed E-state index contributed by atoms with van der Waals surface area (Å²) in [7, 11) is 1.61. The second kappa shape index (κ2) is 3.18. The SMILES string of the molecule is COc1ccc(Cl)c2ncncc12. The summed E-state index contributed by atoms with van der Waals surface area (Å²) in [5, 5.41) is 1.44. The zero-order valence-corrected chi connectivity index (χ0v) is 7.75. The molecule has 0 radical (unpaired) electrons. The highest BCUT2D eigenvalue weighted by Crippen LogP contribution is 2.28. The number of benzene rings is 1. The molecule has 66 valence electrons. The smallest absolute Gasteiger partial charge is 0.129 e. The normalized spacial score (nSPS) is 10.3. The standard InChI is InChI=1S/C9H7ClN2O/c1-13-8-3-2-7(10)9-6(8)4-11-5-12-9/h2-5H,1H3. The number of halogens is 1. The maximum absolute atomic E-state index is 5.94. The molecule has 0 aliphatic rings. The molecule has 0 aliphatic heterocycles. The van der Waals surface area contributed by atoms with Gasteiger partial charge in [-0.3, -0.25) is 0 Å². The number of rotatable bonds is 1. The molecule has 0 N–H and O–H groups in total. The summed E-state index contributed by atoms with van der Waals surface area (Å²) >= 11 is 5.94. The van der Waals surface area contributed by atoms with Crippen LogP contribution in [0, 0.1) is 0 Å². The lowest BCUT2D eigenvalue weighted by Crippen LogP contribution is -1.88. The van der Waals surface area contributed by atoms with Crippen molar-refractivity contribution in [3.05, 3.63) is 29.7 Å². The van der Waals surface area contributed by atoms with Crippen LogP contribution in [0.15, 0.2) is 24.7 Å². The highest BCUT2D eigenvalue weighted by atomic mass is 35.5. The van der Waals surface area contributed by atoms with Crippen molar-refractivity contribution >= 4 is 22.5 Å². The first-order chi connectivity index (χ1) is 6.33. The minimum atomic E-state index is 0.609. The highest BCUT2D eigenvalue weighted by Gasteiger charge is 2.04. The molecule has 0 saturated heterocycles. The fourth-order valence-electron chi connectivity index (χ4n) is 1.20. The van der Waals surface area contributed by atoms with Crippen molar-refractivity contribution in [3.63, 3.8) is 0 Å². The second-order valence-corrected chi connectivity index (χ2v) is 2.94. The number of ether oxygens (including phenoxy) is 1. The van der Waals surface area contributed by atoms with E-state index in [1.807, 2.05) is 0 Å². The topological polar surface area (TPSA) is 35.0 Å². The van der Waals surface area contributed by atoms with Crippen molar-refractivity contribution in [2.75, 3.05) is 7.11 Å². The quantitative estimate of drug-likeness (QED) is 0.699. The van der Waals surface area contributed by atoms with Crippen molar-refractivity contribution in [3.8, 4) is 5.75 Å². The third kappa shape index (κ3) is 1.31. The third-order valence-electron chi connectivity index (χ3n) is 1.80. The van der Waals surface area contributed by atoms with E-state index in [0.29, 0.717) is 5.02 Å². The molecule has 4 heteroatoms. The lowest BCUT2D eigenvalue weighted by molar-refractivity contribution is 0.419. The Bertz CT molecular complexity index is 445. The number of methoxy groups -OCH3 is 1. The fourth-order valence-corrected chi connectivity index (χ4v) is 1.41. The van der Waals surface area contributed by atoms with Gasteiger partial charge in [-0.25, -0.2) is 9.97 Å². The first-order valence-corrected chi connectivity index (χ1v) is 4.13. The molecule has 0 aliphatic carbocycles. The van der Waals surface area contributed by atoms with Crippen LogP contribution in [0.3, 0.4) is 0 Å². The predicted octanol–water partition coefficient (Wildman–Crippen LogP) is 2.29. The van der Waals surface area contributed by atoms with E-state index in [1.54, 1.807) is 25.4 Å². The molecule has 0 atom stereocenters. The molecule has 1 aromatic carbocycles. The Morgan fingerprint density at radius 3 is 3.00 bits per heavy atom. The molecule has 0 amide bonds. The Labute approximate surface area is 80.3 Å². The van der Waals surface area contributed by atoms with Crippen molar-refractivity contribution in [2.24, 2.45) is 0 Å². The average molecular weight is 195 g/mol. The number of hydrogen-bond acceptors (Lipinski definition) is 3.